The van der Waals surface area contributed by atoms with Crippen molar-refractivity contribution in [2.24, 2.45) is 5.10 Å². The molecule has 108 valence electrons. The molecule has 0 heterocycles. The summed E-state index contributed by atoms with van der Waals surface area (Å²) in [5.41, 5.74) is 4.80. The summed E-state index contributed by atoms with van der Waals surface area (Å²) in [5.74, 6) is 0.779. The summed E-state index contributed by atoms with van der Waals surface area (Å²) in [6.07, 6.45) is 0. The number of hydrogen-bond acceptors (Lipinski definition) is 3. The lowest BCUT2D eigenvalue weighted by atomic mass is 10.1. The fraction of sp³-hybridized carbons (Fsp3) is 0.125. The van der Waals surface area contributed by atoms with Crippen LogP contribution in [0.3, 0.4) is 0 Å². The zero-order valence-electron chi connectivity index (χ0n) is 12.0. The molecule has 2 amide bonds. The van der Waals surface area contributed by atoms with E-state index in [1.165, 1.54) is 0 Å². The van der Waals surface area contributed by atoms with Gasteiger partial charge in [0.15, 0.2) is 0 Å². The summed E-state index contributed by atoms with van der Waals surface area (Å²) >= 11 is 0. The molecule has 2 aromatic carbocycles. The number of carbonyl (C=O) groups excluding carboxylic acids is 1. The summed E-state index contributed by atoms with van der Waals surface area (Å²) in [6, 6.07) is 16.3. The van der Waals surface area contributed by atoms with Gasteiger partial charge in [-0.05, 0) is 48.9 Å². The van der Waals surface area contributed by atoms with Crippen LogP contribution < -0.4 is 15.5 Å². The van der Waals surface area contributed by atoms with Crippen LogP contribution in [0.2, 0.25) is 0 Å². The molecule has 0 saturated heterocycles. The van der Waals surface area contributed by atoms with Crippen LogP contribution in [0.5, 0.6) is 5.75 Å². The van der Waals surface area contributed by atoms with Gasteiger partial charge in [0.2, 0.25) is 0 Å². The van der Waals surface area contributed by atoms with Crippen LogP contribution in [0, 0.1) is 0 Å². The van der Waals surface area contributed by atoms with Crippen LogP contribution in [-0.4, -0.2) is 18.9 Å². The molecule has 0 saturated carbocycles. The summed E-state index contributed by atoms with van der Waals surface area (Å²) in [7, 11) is 1.62. The molecule has 0 aliphatic rings. The maximum Gasteiger partial charge on any atom is 0.339 e. The third-order valence-corrected chi connectivity index (χ3v) is 2.86. The number of anilines is 1. The van der Waals surface area contributed by atoms with E-state index < -0.39 is 0 Å². The Bertz CT molecular complexity index is 622. The van der Waals surface area contributed by atoms with Crippen molar-refractivity contribution in [2.45, 2.75) is 6.92 Å². The largest absolute Gasteiger partial charge is 0.497 e. The van der Waals surface area contributed by atoms with Crippen molar-refractivity contribution in [1.82, 2.24) is 5.43 Å². The number of amides is 2. The second-order valence-electron chi connectivity index (χ2n) is 4.36. The molecule has 0 unspecified atom stereocenters. The van der Waals surface area contributed by atoms with Gasteiger partial charge in [-0.3, -0.25) is 0 Å². The van der Waals surface area contributed by atoms with Crippen LogP contribution in [0.25, 0.3) is 0 Å². The van der Waals surface area contributed by atoms with E-state index >= 15 is 0 Å². The van der Waals surface area contributed by atoms with Crippen molar-refractivity contribution >= 4 is 17.4 Å². The predicted molar refractivity (Wildman–Crippen MR) is 83.8 cm³/mol. The molecule has 2 N–H and O–H groups in total. The fourth-order valence-corrected chi connectivity index (χ4v) is 1.71. The zero-order valence-corrected chi connectivity index (χ0v) is 12.0. The maximum absolute atomic E-state index is 11.7. The number of carbonyl (C=O) groups is 1. The highest BCUT2D eigenvalue weighted by Gasteiger charge is 2.01. The van der Waals surface area contributed by atoms with Crippen LogP contribution in [0.4, 0.5) is 10.5 Å². The van der Waals surface area contributed by atoms with Gasteiger partial charge in [-0.15, -0.1) is 0 Å². The Kier molecular flexibility index (Phi) is 4.93. The second kappa shape index (κ2) is 7.09. The number of methoxy groups -OCH3 is 1. The topological polar surface area (TPSA) is 62.7 Å². The van der Waals surface area contributed by atoms with Crippen LogP contribution >= 0.6 is 0 Å². The van der Waals surface area contributed by atoms with E-state index in [0.29, 0.717) is 11.4 Å². The third kappa shape index (κ3) is 4.35. The Labute approximate surface area is 123 Å². The molecule has 0 fully saturated rings. The Hall–Kier alpha value is -2.82. The Morgan fingerprint density at radius 3 is 2.33 bits per heavy atom. The first-order valence-corrected chi connectivity index (χ1v) is 6.50. The normalized spacial score (nSPS) is 10.9. The van der Waals surface area contributed by atoms with E-state index in [1.807, 2.05) is 49.4 Å². The van der Waals surface area contributed by atoms with Crippen LogP contribution in [-0.2, 0) is 0 Å². The highest BCUT2D eigenvalue weighted by atomic mass is 16.5. The lowest BCUT2D eigenvalue weighted by Gasteiger charge is -2.06. The highest BCUT2D eigenvalue weighted by Crippen LogP contribution is 2.11. The van der Waals surface area contributed by atoms with E-state index in [-0.39, 0.29) is 6.03 Å². The van der Waals surface area contributed by atoms with Gasteiger partial charge in [0.05, 0.1) is 12.8 Å². The summed E-state index contributed by atoms with van der Waals surface area (Å²) in [6.45, 7) is 1.82. The molecular weight excluding hydrogens is 266 g/mol. The summed E-state index contributed by atoms with van der Waals surface area (Å²) in [4.78, 5) is 11.7. The van der Waals surface area contributed by atoms with Crippen LogP contribution in [0.1, 0.15) is 12.5 Å². The smallest absolute Gasteiger partial charge is 0.339 e. The van der Waals surface area contributed by atoms with Gasteiger partial charge in [-0.1, -0.05) is 18.2 Å². The summed E-state index contributed by atoms with van der Waals surface area (Å²) in [5, 5.41) is 6.75. The standard InChI is InChI=1S/C16H17N3O2/c1-12(13-8-10-15(21-2)11-9-13)18-19-16(20)17-14-6-4-3-5-7-14/h3-11H,1-2H3,(H2,17,19,20)/b18-12+. The number of hydrogen-bond donors (Lipinski definition) is 2. The Morgan fingerprint density at radius 1 is 1.05 bits per heavy atom. The SMILES string of the molecule is COc1ccc(/C(C)=N/NC(=O)Nc2ccccc2)cc1. The lowest BCUT2D eigenvalue weighted by molar-refractivity contribution is 0.252. The van der Waals surface area contributed by atoms with Gasteiger partial charge in [0, 0.05) is 5.69 Å². The molecule has 0 aliphatic carbocycles. The van der Waals surface area contributed by atoms with Crippen LogP contribution in [0.15, 0.2) is 59.7 Å². The van der Waals surface area contributed by atoms with Gasteiger partial charge in [-0.2, -0.15) is 5.10 Å². The van der Waals surface area contributed by atoms with Gasteiger partial charge in [-0.25, -0.2) is 10.2 Å². The number of nitrogens with one attached hydrogen (secondary N) is 2. The number of nitrogens with zero attached hydrogens (tertiary/aromatic N) is 1. The van der Waals surface area contributed by atoms with Gasteiger partial charge in [0.25, 0.3) is 0 Å². The Morgan fingerprint density at radius 2 is 1.71 bits per heavy atom. The molecule has 5 heteroatoms. The minimum Gasteiger partial charge on any atom is -0.497 e. The minimum atomic E-state index is -0.380. The zero-order chi connectivity index (χ0) is 15.1. The van der Waals surface area contributed by atoms with E-state index in [2.05, 4.69) is 15.8 Å². The monoisotopic (exact) mass is 283 g/mol. The molecule has 0 aromatic heterocycles. The van der Waals surface area contributed by atoms with Crippen molar-refractivity contribution in [3.8, 4) is 5.75 Å². The number of ether oxygens (including phenoxy) is 1. The highest BCUT2D eigenvalue weighted by molar-refractivity contribution is 6.00. The van der Waals surface area contributed by atoms with Crippen molar-refractivity contribution in [2.75, 3.05) is 12.4 Å². The maximum atomic E-state index is 11.7. The van der Waals surface area contributed by atoms with Crippen molar-refractivity contribution in [3.63, 3.8) is 0 Å². The average Bonchev–Trinajstić information content (AvgIpc) is 2.53. The fourth-order valence-electron chi connectivity index (χ4n) is 1.71. The Balaban J connectivity index is 1.94. The first-order chi connectivity index (χ1) is 10.2. The molecule has 5 nitrogen and oxygen atoms in total. The summed E-state index contributed by atoms with van der Waals surface area (Å²) < 4.78 is 5.09. The number of hydrazone groups is 1. The van der Waals surface area contributed by atoms with E-state index in [9.17, 15) is 4.79 Å². The van der Waals surface area contributed by atoms with Crippen molar-refractivity contribution < 1.29 is 9.53 Å². The number of para-hydroxylation sites is 1. The first-order valence-electron chi connectivity index (χ1n) is 6.50. The van der Waals surface area contributed by atoms with Gasteiger partial charge in [0.1, 0.15) is 5.75 Å². The molecule has 0 aliphatic heterocycles. The first kappa shape index (κ1) is 14.6. The molecule has 0 bridgehead atoms. The van der Waals surface area contributed by atoms with Crippen molar-refractivity contribution in [1.29, 1.82) is 0 Å². The van der Waals surface area contributed by atoms with E-state index in [4.69, 9.17) is 4.74 Å². The van der Waals surface area contributed by atoms with Gasteiger partial charge >= 0.3 is 6.03 Å². The molecule has 0 spiro atoms. The number of benzene rings is 2. The molecule has 21 heavy (non-hydrogen) atoms. The quantitative estimate of drug-likeness (QED) is 0.668. The minimum absolute atomic E-state index is 0.380. The predicted octanol–water partition coefficient (Wildman–Crippen LogP) is 3.24. The molecule has 0 radical (unpaired) electrons. The van der Waals surface area contributed by atoms with Crippen molar-refractivity contribution in [3.05, 3.63) is 60.2 Å². The molecular formula is C16H17N3O2. The number of rotatable bonds is 4. The number of urea groups is 1. The van der Waals surface area contributed by atoms with Gasteiger partial charge < -0.3 is 10.1 Å². The molecule has 2 aromatic rings. The van der Waals surface area contributed by atoms with E-state index in [1.54, 1.807) is 19.2 Å². The second-order valence-corrected chi connectivity index (χ2v) is 4.36. The van der Waals surface area contributed by atoms with E-state index in [0.717, 1.165) is 11.3 Å². The average molecular weight is 283 g/mol. The molecule has 2 rings (SSSR count). The lowest BCUT2D eigenvalue weighted by Crippen LogP contribution is -2.25. The molecule has 0 atom stereocenters. The third-order valence-electron chi connectivity index (χ3n) is 2.86.